The van der Waals surface area contributed by atoms with E-state index in [0.717, 1.165) is 14.8 Å². The van der Waals surface area contributed by atoms with Gasteiger partial charge in [0.25, 0.3) is 0 Å². The number of nitrogens with one attached hydrogen (secondary N) is 2. The molecule has 3 aromatic heterocycles. The molecule has 0 radical (unpaired) electrons. The van der Waals surface area contributed by atoms with Crippen molar-refractivity contribution in [1.82, 2.24) is 25.1 Å². The zero-order chi connectivity index (χ0) is 14.3. The van der Waals surface area contributed by atoms with Crippen molar-refractivity contribution in [1.29, 1.82) is 0 Å². The highest BCUT2D eigenvalue weighted by Gasteiger charge is 2.12. The first-order chi connectivity index (χ1) is 9.54. The van der Waals surface area contributed by atoms with E-state index >= 15 is 0 Å². The number of aromatic amines is 1. The van der Waals surface area contributed by atoms with Crippen LogP contribution in [0.1, 0.15) is 5.69 Å². The third-order valence-electron chi connectivity index (χ3n) is 2.59. The highest BCUT2D eigenvalue weighted by atomic mass is 127. The topological polar surface area (TPSA) is 79.4 Å². The van der Waals surface area contributed by atoms with Gasteiger partial charge in [0.15, 0.2) is 17.3 Å². The van der Waals surface area contributed by atoms with Crippen molar-refractivity contribution in [3.05, 3.63) is 32.5 Å². The second-order valence-electron chi connectivity index (χ2n) is 3.98. The number of anilines is 2. The lowest BCUT2D eigenvalue weighted by Gasteiger charge is -2.06. The molecule has 0 aromatic carbocycles. The summed E-state index contributed by atoms with van der Waals surface area (Å²) in [5.74, 6) is -0.316. The molecule has 0 spiro atoms. The fraction of sp³-hybridized carbons (Fsp3) is 0.0909. The van der Waals surface area contributed by atoms with Crippen LogP contribution in [-0.4, -0.2) is 25.1 Å². The molecule has 0 aliphatic heterocycles. The molecule has 0 bridgehead atoms. The second-order valence-corrected chi connectivity index (χ2v) is 5.44. The summed E-state index contributed by atoms with van der Waals surface area (Å²) in [5, 5.41) is 10.7. The van der Waals surface area contributed by atoms with Crippen molar-refractivity contribution in [3.63, 3.8) is 0 Å². The molecule has 0 saturated carbocycles. The molecule has 0 atom stereocenters. The average molecular weight is 405 g/mol. The van der Waals surface area contributed by atoms with Crippen LogP contribution in [0.3, 0.4) is 0 Å². The van der Waals surface area contributed by atoms with Gasteiger partial charge in [0.05, 0.1) is 16.1 Å². The number of halogens is 3. The summed E-state index contributed by atoms with van der Waals surface area (Å²) in [6.07, 6.45) is 1.34. The lowest BCUT2D eigenvalue weighted by Crippen LogP contribution is -2.02. The Labute approximate surface area is 131 Å². The fourth-order valence-corrected chi connectivity index (χ4v) is 2.64. The number of aryl methyl sites for hydroxylation is 1. The molecule has 0 aliphatic carbocycles. The third kappa shape index (κ3) is 2.40. The van der Waals surface area contributed by atoms with Gasteiger partial charge in [-0.2, -0.15) is 10.1 Å². The summed E-state index contributed by atoms with van der Waals surface area (Å²) >= 11 is 7.74. The first-order valence-corrected chi connectivity index (χ1v) is 6.96. The minimum Gasteiger partial charge on any atom is -0.306 e. The zero-order valence-electron chi connectivity index (χ0n) is 10.1. The fourth-order valence-electron chi connectivity index (χ4n) is 1.73. The summed E-state index contributed by atoms with van der Waals surface area (Å²) in [6.45, 7) is 1.83. The van der Waals surface area contributed by atoms with E-state index in [1.54, 1.807) is 0 Å². The number of H-pyrrole nitrogens is 1. The Hall–Kier alpha value is -1.55. The van der Waals surface area contributed by atoms with Gasteiger partial charge in [-0.05, 0) is 35.6 Å². The predicted octanol–water partition coefficient (Wildman–Crippen LogP) is 3.20. The Morgan fingerprint density at radius 1 is 1.40 bits per heavy atom. The van der Waals surface area contributed by atoms with Crippen molar-refractivity contribution in [2.75, 3.05) is 5.32 Å². The maximum atomic E-state index is 13.7. The van der Waals surface area contributed by atoms with Crippen LogP contribution in [0, 0.1) is 16.4 Å². The molecule has 6 nitrogen and oxygen atoms in total. The molecule has 20 heavy (non-hydrogen) atoms. The van der Waals surface area contributed by atoms with Crippen molar-refractivity contribution in [2.24, 2.45) is 0 Å². The minimum absolute atomic E-state index is 0.0161. The Balaban J connectivity index is 2.02. The Morgan fingerprint density at radius 2 is 2.20 bits per heavy atom. The number of rotatable bonds is 2. The standard InChI is InChI=1S/C11H7ClFIN6/c1-4-7-8(14)19-20-10(7)18-11(16-4)17-9-6(13)2-5(12)3-15-9/h2-3H,1H3,(H2,15,16,17,18,19,20). The van der Waals surface area contributed by atoms with E-state index in [1.807, 2.05) is 6.92 Å². The van der Waals surface area contributed by atoms with E-state index in [4.69, 9.17) is 11.6 Å². The van der Waals surface area contributed by atoms with Gasteiger partial charge in [-0.3, -0.25) is 5.10 Å². The van der Waals surface area contributed by atoms with E-state index in [1.165, 1.54) is 12.3 Å². The highest BCUT2D eigenvalue weighted by molar-refractivity contribution is 14.1. The van der Waals surface area contributed by atoms with Gasteiger partial charge in [-0.1, -0.05) is 11.6 Å². The van der Waals surface area contributed by atoms with Gasteiger partial charge in [0.1, 0.15) is 3.70 Å². The number of nitrogens with zero attached hydrogens (tertiary/aromatic N) is 4. The average Bonchev–Trinajstić information content (AvgIpc) is 2.75. The van der Waals surface area contributed by atoms with Crippen molar-refractivity contribution in [3.8, 4) is 0 Å². The molecule has 0 saturated heterocycles. The maximum absolute atomic E-state index is 13.7. The van der Waals surface area contributed by atoms with E-state index in [2.05, 4.69) is 53.1 Å². The van der Waals surface area contributed by atoms with Gasteiger partial charge in [-0.25, -0.2) is 14.4 Å². The number of fused-ring (bicyclic) bond motifs is 1. The van der Waals surface area contributed by atoms with E-state index < -0.39 is 5.82 Å². The molecule has 9 heteroatoms. The van der Waals surface area contributed by atoms with Crippen molar-refractivity contribution < 1.29 is 4.39 Å². The molecular weight excluding hydrogens is 398 g/mol. The Kier molecular flexibility index (Phi) is 3.42. The molecule has 2 N–H and O–H groups in total. The van der Waals surface area contributed by atoms with E-state index in [9.17, 15) is 4.39 Å². The zero-order valence-corrected chi connectivity index (χ0v) is 13.0. The molecule has 102 valence electrons. The lowest BCUT2D eigenvalue weighted by molar-refractivity contribution is 0.626. The van der Waals surface area contributed by atoms with Gasteiger partial charge in [0.2, 0.25) is 5.95 Å². The quantitative estimate of drug-likeness (QED) is 0.641. The van der Waals surface area contributed by atoms with E-state index in [0.29, 0.717) is 5.65 Å². The minimum atomic E-state index is -0.571. The molecular formula is C11H7ClFIN6. The van der Waals surface area contributed by atoms with Crippen LogP contribution in [0.2, 0.25) is 5.02 Å². The van der Waals surface area contributed by atoms with Crippen molar-refractivity contribution >= 4 is 57.0 Å². The maximum Gasteiger partial charge on any atom is 0.230 e. The van der Waals surface area contributed by atoms with Crippen LogP contribution in [0.15, 0.2) is 12.3 Å². The van der Waals surface area contributed by atoms with Crippen LogP contribution in [0.4, 0.5) is 16.2 Å². The Bertz CT molecular complexity index is 805. The van der Waals surface area contributed by atoms with Crippen molar-refractivity contribution in [2.45, 2.75) is 6.92 Å². The summed E-state index contributed by atoms with van der Waals surface area (Å²) in [7, 11) is 0. The first-order valence-electron chi connectivity index (χ1n) is 5.51. The number of hydrogen-bond donors (Lipinski definition) is 2. The molecule has 3 aromatic rings. The van der Waals surface area contributed by atoms with Gasteiger partial charge >= 0.3 is 0 Å². The smallest absolute Gasteiger partial charge is 0.230 e. The summed E-state index contributed by atoms with van der Waals surface area (Å²) in [5.41, 5.74) is 1.32. The summed E-state index contributed by atoms with van der Waals surface area (Å²) < 4.78 is 14.5. The molecule has 0 aliphatic rings. The predicted molar refractivity (Wildman–Crippen MR) is 81.6 cm³/mol. The van der Waals surface area contributed by atoms with Crippen LogP contribution < -0.4 is 5.32 Å². The molecule has 3 rings (SSSR count). The van der Waals surface area contributed by atoms with Crippen LogP contribution >= 0.6 is 34.2 Å². The lowest BCUT2D eigenvalue weighted by atomic mass is 10.3. The van der Waals surface area contributed by atoms with Crippen LogP contribution in [0.5, 0.6) is 0 Å². The number of pyridine rings is 1. The van der Waals surface area contributed by atoms with Gasteiger partial charge < -0.3 is 5.32 Å². The van der Waals surface area contributed by atoms with Gasteiger partial charge in [-0.15, -0.1) is 0 Å². The highest BCUT2D eigenvalue weighted by Crippen LogP contribution is 2.23. The Morgan fingerprint density at radius 3 is 2.95 bits per heavy atom. The largest absolute Gasteiger partial charge is 0.306 e. The molecule has 0 fully saturated rings. The SMILES string of the molecule is Cc1nc(Nc2ncc(Cl)cc2F)nc2[nH]nc(I)c12. The van der Waals surface area contributed by atoms with Crippen LogP contribution in [0.25, 0.3) is 11.0 Å². The third-order valence-corrected chi connectivity index (χ3v) is 3.58. The number of hydrogen-bond acceptors (Lipinski definition) is 5. The second kappa shape index (κ2) is 5.09. The van der Waals surface area contributed by atoms with Crippen LogP contribution in [-0.2, 0) is 0 Å². The summed E-state index contributed by atoms with van der Waals surface area (Å²) in [4.78, 5) is 12.4. The molecule has 3 heterocycles. The first kappa shape index (κ1) is 13.4. The normalized spacial score (nSPS) is 11.0. The molecule has 0 amide bonds. The molecule has 0 unspecified atom stereocenters. The van der Waals surface area contributed by atoms with Gasteiger partial charge in [0, 0.05) is 6.20 Å². The van der Waals surface area contributed by atoms with E-state index in [-0.39, 0.29) is 16.8 Å². The monoisotopic (exact) mass is 404 g/mol. The number of aromatic nitrogens is 5. The summed E-state index contributed by atoms with van der Waals surface area (Å²) in [6, 6.07) is 1.17.